The molecule has 5 amide bonds. The van der Waals surface area contributed by atoms with Crippen LogP contribution in [0.3, 0.4) is 0 Å². The van der Waals surface area contributed by atoms with Crippen LogP contribution in [-0.2, 0) is 19.1 Å². The monoisotopic (exact) mass is 656 g/mol. The van der Waals surface area contributed by atoms with Gasteiger partial charge in [-0.25, -0.2) is 9.78 Å². The Labute approximate surface area is 272 Å². The highest BCUT2D eigenvalue weighted by atomic mass is 35.5. The predicted molar refractivity (Wildman–Crippen MR) is 170 cm³/mol. The van der Waals surface area contributed by atoms with Crippen LogP contribution in [0.25, 0.3) is 10.9 Å². The Morgan fingerprint density at radius 2 is 1.72 bits per heavy atom. The maximum Gasteiger partial charge on any atom is 0.409 e. The second-order valence-electron chi connectivity index (χ2n) is 11.9. The third-order valence-corrected chi connectivity index (χ3v) is 8.89. The van der Waals surface area contributed by atoms with Gasteiger partial charge in [-0.1, -0.05) is 24.9 Å². The van der Waals surface area contributed by atoms with E-state index in [1.165, 1.54) is 6.07 Å². The standard InChI is InChI=1S/C32H41ClN6O7/c1-2-3-16-45-32(44)38-14-12-37(13-15-38)28(40)19-34-30(42)25-18-27(23-10-9-21(33)17-24(23)36-25)46-20-29(41)39-11-5-8-26(39)31(43)35-22-6-4-7-22/h9-10,17-18,22,26H,2-8,11-16,19-20H2,1H3,(H,34,42)(H,35,43)/t26-/m0/s1. The number of fused-ring (bicyclic) bond motifs is 1. The normalized spacial score (nSPS) is 18.2. The van der Waals surface area contributed by atoms with Crippen molar-refractivity contribution in [3.63, 3.8) is 0 Å². The zero-order chi connectivity index (χ0) is 32.6. The summed E-state index contributed by atoms with van der Waals surface area (Å²) in [6.07, 6.45) is 5.71. The number of carbonyl (C=O) groups excluding carboxylic acids is 5. The molecule has 3 heterocycles. The molecule has 3 fully saturated rings. The van der Waals surface area contributed by atoms with Crippen molar-refractivity contribution in [2.75, 3.05) is 52.5 Å². The summed E-state index contributed by atoms with van der Waals surface area (Å²) in [4.78, 5) is 73.3. The molecular formula is C32H41ClN6O7. The van der Waals surface area contributed by atoms with E-state index in [1.54, 1.807) is 32.9 Å². The molecule has 13 nitrogen and oxygen atoms in total. The molecule has 1 aliphatic carbocycles. The van der Waals surface area contributed by atoms with Crippen LogP contribution >= 0.6 is 11.6 Å². The number of unbranched alkanes of at least 4 members (excludes halogenated alkanes) is 1. The van der Waals surface area contributed by atoms with Crippen molar-refractivity contribution in [1.82, 2.24) is 30.3 Å². The van der Waals surface area contributed by atoms with Crippen LogP contribution in [0.4, 0.5) is 4.79 Å². The van der Waals surface area contributed by atoms with Crippen molar-refractivity contribution in [3.05, 3.63) is 35.0 Å². The number of hydrogen-bond donors (Lipinski definition) is 2. The van der Waals surface area contributed by atoms with Gasteiger partial charge in [-0.3, -0.25) is 19.2 Å². The Bertz CT molecular complexity index is 1460. The third-order valence-electron chi connectivity index (χ3n) is 8.66. The van der Waals surface area contributed by atoms with E-state index in [4.69, 9.17) is 21.1 Å². The summed E-state index contributed by atoms with van der Waals surface area (Å²) in [6, 6.07) is 6.03. The molecule has 1 aromatic carbocycles. The van der Waals surface area contributed by atoms with Crippen molar-refractivity contribution >= 4 is 52.2 Å². The van der Waals surface area contributed by atoms with Crippen LogP contribution in [0, 0.1) is 0 Å². The van der Waals surface area contributed by atoms with E-state index in [0.717, 1.165) is 38.5 Å². The van der Waals surface area contributed by atoms with E-state index in [2.05, 4.69) is 15.6 Å². The predicted octanol–water partition coefficient (Wildman–Crippen LogP) is 2.74. The molecule has 3 aliphatic rings. The molecule has 2 saturated heterocycles. The number of ether oxygens (including phenoxy) is 2. The number of nitrogens with zero attached hydrogens (tertiary/aromatic N) is 4. The van der Waals surface area contributed by atoms with E-state index >= 15 is 0 Å². The minimum Gasteiger partial charge on any atom is -0.483 e. The van der Waals surface area contributed by atoms with Gasteiger partial charge in [0, 0.05) is 55.2 Å². The van der Waals surface area contributed by atoms with Crippen molar-refractivity contribution in [3.8, 4) is 5.75 Å². The number of amides is 5. The smallest absolute Gasteiger partial charge is 0.409 e. The van der Waals surface area contributed by atoms with Gasteiger partial charge >= 0.3 is 6.09 Å². The molecule has 1 aromatic heterocycles. The molecule has 14 heteroatoms. The number of rotatable bonds is 11. The molecule has 46 heavy (non-hydrogen) atoms. The maximum atomic E-state index is 13.2. The van der Waals surface area contributed by atoms with Gasteiger partial charge in [0.25, 0.3) is 11.8 Å². The minimum atomic E-state index is -0.600. The quantitative estimate of drug-likeness (QED) is 0.351. The Balaban J connectivity index is 1.18. The SMILES string of the molecule is CCCCOC(=O)N1CCN(C(=O)CNC(=O)c2cc(OCC(=O)N3CCC[C@H]3C(=O)NC3CCC3)c3ccc(Cl)cc3n2)CC1. The Hall–Kier alpha value is -4.13. The molecule has 2 aliphatic heterocycles. The topological polar surface area (TPSA) is 150 Å². The molecule has 0 unspecified atom stereocenters. The van der Waals surface area contributed by atoms with Crippen LogP contribution in [-0.4, -0.2) is 114 Å². The van der Waals surface area contributed by atoms with Crippen molar-refractivity contribution < 1.29 is 33.4 Å². The van der Waals surface area contributed by atoms with E-state index in [0.29, 0.717) is 61.7 Å². The lowest BCUT2D eigenvalue weighted by Gasteiger charge is -2.34. The minimum absolute atomic E-state index is 0.0106. The fourth-order valence-corrected chi connectivity index (χ4v) is 5.87. The third kappa shape index (κ3) is 8.17. The van der Waals surface area contributed by atoms with Gasteiger partial charge in [0.05, 0.1) is 18.7 Å². The van der Waals surface area contributed by atoms with Gasteiger partial charge in [0.2, 0.25) is 11.8 Å². The molecule has 0 spiro atoms. The summed E-state index contributed by atoms with van der Waals surface area (Å²) in [5, 5.41) is 6.61. The first-order valence-corrected chi connectivity index (χ1v) is 16.4. The zero-order valence-corrected chi connectivity index (χ0v) is 26.9. The van der Waals surface area contributed by atoms with Crippen LogP contribution in [0.1, 0.15) is 62.4 Å². The number of benzene rings is 1. The fraction of sp³-hybridized carbons (Fsp3) is 0.562. The van der Waals surface area contributed by atoms with Gasteiger partial charge in [-0.15, -0.1) is 0 Å². The highest BCUT2D eigenvalue weighted by Gasteiger charge is 2.36. The average molecular weight is 657 g/mol. The Morgan fingerprint density at radius 1 is 0.957 bits per heavy atom. The van der Waals surface area contributed by atoms with Crippen LogP contribution in [0.15, 0.2) is 24.3 Å². The van der Waals surface area contributed by atoms with Crippen LogP contribution in [0.2, 0.25) is 5.02 Å². The second-order valence-corrected chi connectivity index (χ2v) is 12.3. The van der Waals surface area contributed by atoms with Crippen molar-refractivity contribution in [2.45, 2.75) is 64.0 Å². The molecule has 1 saturated carbocycles. The molecule has 0 radical (unpaired) electrons. The summed E-state index contributed by atoms with van der Waals surface area (Å²) in [6.45, 7) is 3.62. The van der Waals surface area contributed by atoms with E-state index in [9.17, 15) is 24.0 Å². The first-order valence-electron chi connectivity index (χ1n) is 16.0. The zero-order valence-electron chi connectivity index (χ0n) is 26.1. The molecule has 0 bridgehead atoms. The van der Waals surface area contributed by atoms with Crippen molar-refractivity contribution in [1.29, 1.82) is 0 Å². The highest BCUT2D eigenvalue weighted by molar-refractivity contribution is 6.31. The van der Waals surface area contributed by atoms with Crippen LogP contribution in [0.5, 0.6) is 5.75 Å². The van der Waals surface area contributed by atoms with Crippen molar-refractivity contribution in [2.24, 2.45) is 0 Å². The maximum absolute atomic E-state index is 13.2. The average Bonchev–Trinajstić information content (AvgIpc) is 3.54. The lowest BCUT2D eigenvalue weighted by atomic mass is 9.93. The lowest BCUT2D eigenvalue weighted by molar-refractivity contribution is -0.140. The molecule has 5 rings (SSSR count). The number of likely N-dealkylation sites (tertiary alicyclic amines) is 1. The first kappa shape index (κ1) is 33.2. The fourth-order valence-electron chi connectivity index (χ4n) is 5.71. The molecule has 1 atom stereocenters. The summed E-state index contributed by atoms with van der Waals surface area (Å²) in [5.41, 5.74) is 0.374. The molecule has 2 N–H and O–H groups in total. The first-order chi connectivity index (χ1) is 22.2. The number of piperazine rings is 1. The number of carbonyl (C=O) groups is 5. The van der Waals surface area contributed by atoms with Gasteiger partial charge in [-0.05, 0) is 56.7 Å². The second kappa shape index (κ2) is 15.4. The molecule has 2 aromatic rings. The summed E-state index contributed by atoms with van der Waals surface area (Å²) < 4.78 is 11.2. The van der Waals surface area contributed by atoms with Gasteiger partial charge in [0.15, 0.2) is 6.61 Å². The number of aromatic nitrogens is 1. The summed E-state index contributed by atoms with van der Waals surface area (Å²) in [7, 11) is 0. The number of nitrogens with one attached hydrogen (secondary N) is 2. The number of halogens is 1. The largest absolute Gasteiger partial charge is 0.483 e. The van der Waals surface area contributed by atoms with Gasteiger partial charge < -0.3 is 34.8 Å². The Morgan fingerprint density at radius 3 is 2.43 bits per heavy atom. The highest BCUT2D eigenvalue weighted by Crippen LogP contribution is 2.29. The van der Waals surface area contributed by atoms with E-state index in [-0.39, 0.29) is 54.5 Å². The lowest BCUT2D eigenvalue weighted by Crippen LogP contribution is -2.52. The van der Waals surface area contributed by atoms with Gasteiger partial charge in [-0.2, -0.15) is 0 Å². The number of hydrogen-bond acceptors (Lipinski definition) is 8. The molecular weight excluding hydrogens is 616 g/mol. The van der Waals surface area contributed by atoms with Gasteiger partial charge in [0.1, 0.15) is 17.5 Å². The summed E-state index contributed by atoms with van der Waals surface area (Å²) >= 11 is 6.20. The van der Waals surface area contributed by atoms with E-state index in [1.807, 2.05) is 6.92 Å². The molecule has 248 valence electrons. The number of pyridine rings is 1. The van der Waals surface area contributed by atoms with E-state index < -0.39 is 11.9 Å². The van der Waals surface area contributed by atoms with Crippen LogP contribution < -0.4 is 15.4 Å². The Kier molecular flexibility index (Phi) is 11.2. The summed E-state index contributed by atoms with van der Waals surface area (Å²) in [5.74, 6) is -1.09.